The van der Waals surface area contributed by atoms with Crippen LogP contribution in [0.5, 0.6) is 0 Å². The highest BCUT2D eigenvalue weighted by molar-refractivity contribution is 7.90. The summed E-state index contributed by atoms with van der Waals surface area (Å²) < 4.78 is 27.3. The summed E-state index contributed by atoms with van der Waals surface area (Å²) in [6.07, 6.45) is 4.09. The van der Waals surface area contributed by atoms with E-state index >= 15 is 0 Å². The Morgan fingerprint density at radius 1 is 0.972 bits per heavy atom. The van der Waals surface area contributed by atoms with Crippen molar-refractivity contribution in [2.24, 2.45) is 11.8 Å². The first-order valence-electron chi connectivity index (χ1n) is 13.1. The van der Waals surface area contributed by atoms with Crippen molar-refractivity contribution >= 4 is 15.9 Å². The maximum absolute atomic E-state index is 13.2. The largest absolute Gasteiger partial charge is 0.338 e. The second-order valence-electron chi connectivity index (χ2n) is 11.3. The van der Waals surface area contributed by atoms with Gasteiger partial charge in [0.25, 0.3) is 5.91 Å². The highest BCUT2D eigenvalue weighted by Gasteiger charge is 2.53. The van der Waals surface area contributed by atoms with E-state index < -0.39 is 10.0 Å². The molecular formula is C27H35N5O3S. The minimum Gasteiger partial charge on any atom is -0.338 e. The number of fused-ring (bicyclic) bond motifs is 1. The molecule has 1 aromatic carbocycles. The van der Waals surface area contributed by atoms with E-state index in [2.05, 4.69) is 39.1 Å². The first-order chi connectivity index (χ1) is 17.3. The molecule has 3 saturated heterocycles. The SMILES string of the molecule is Cc1ncnc(C)c1C(=O)N1CC2CN(CCC3(c4ccccc4)CN(S(=O)(=O)C4CC4)C3)CC2C1. The fourth-order valence-electron chi connectivity index (χ4n) is 6.53. The molecule has 0 N–H and O–H groups in total. The standard InChI is InChI=1S/C27H35N5O3S/c1-19-25(20(2)29-18-28-19)26(33)31-14-21-12-30(13-22(21)15-31)11-10-27(23-6-4-3-5-7-23)16-32(17-27)36(34,35)24-8-9-24/h3-7,18,21-22,24H,8-17H2,1-2H3. The van der Waals surface area contributed by atoms with Crippen molar-refractivity contribution in [3.8, 4) is 0 Å². The highest BCUT2D eigenvalue weighted by atomic mass is 32.2. The number of carbonyl (C=O) groups is 1. The highest BCUT2D eigenvalue weighted by Crippen LogP contribution is 2.44. The maximum atomic E-state index is 13.2. The van der Waals surface area contributed by atoms with Crippen LogP contribution in [0.15, 0.2) is 36.7 Å². The van der Waals surface area contributed by atoms with Gasteiger partial charge in [-0.15, -0.1) is 0 Å². The van der Waals surface area contributed by atoms with Crippen LogP contribution in [0.2, 0.25) is 0 Å². The lowest BCUT2D eigenvalue weighted by Crippen LogP contribution is -2.62. The number of hydrogen-bond acceptors (Lipinski definition) is 6. The maximum Gasteiger partial charge on any atom is 0.257 e. The monoisotopic (exact) mass is 509 g/mol. The number of amides is 1. The molecule has 2 unspecified atom stereocenters. The molecule has 6 rings (SSSR count). The third-order valence-electron chi connectivity index (χ3n) is 8.85. The summed E-state index contributed by atoms with van der Waals surface area (Å²) in [6.45, 7) is 9.45. The number of aryl methyl sites for hydroxylation is 2. The first kappa shape index (κ1) is 24.0. The van der Waals surface area contributed by atoms with Crippen molar-refractivity contribution < 1.29 is 13.2 Å². The molecule has 36 heavy (non-hydrogen) atoms. The number of benzene rings is 1. The topological polar surface area (TPSA) is 86.7 Å². The lowest BCUT2D eigenvalue weighted by molar-refractivity contribution is 0.0767. The molecule has 0 radical (unpaired) electrons. The van der Waals surface area contributed by atoms with Gasteiger partial charge in [0.05, 0.1) is 22.2 Å². The molecular weight excluding hydrogens is 474 g/mol. The van der Waals surface area contributed by atoms with Gasteiger partial charge in [0, 0.05) is 44.7 Å². The lowest BCUT2D eigenvalue weighted by Gasteiger charge is -2.50. The van der Waals surface area contributed by atoms with Crippen LogP contribution in [-0.4, -0.2) is 89.5 Å². The molecule has 2 aromatic rings. The summed E-state index contributed by atoms with van der Waals surface area (Å²) in [5.41, 5.74) is 3.28. The van der Waals surface area contributed by atoms with Gasteiger partial charge in [-0.2, -0.15) is 4.31 Å². The number of aromatic nitrogens is 2. The van der Waals surface area contributed by atoms with Crippen molar-refractivity contribution in [1.82, 2.24) is 24.1 Å². The Hall–Kier alpha value is -2.36. The van der Waals surface area contributed by atoms with Gasteiger partial charge < -0.3 is 9.80 Å². The normalized spacial score (nSPS) is 26.1. The van der Waals surface area contributed by atoms with E-state index in [1.165, 1.54) is 11.9 Å². The Labute approximate surface area is 213 Å². The number of nitrogens with zero attached hydrogens (tertiary/aromatic N) is 5. The van der Waals surface area contributed by atoms with Crippen LogP contribution in [0.3, 0.4) is 0 Å². The van der Waals surface area contributed by atoms with E-state index in [0.717, 1.165) is 63.4 Å². The van der Waals surface area contributed by atoms with Crippen LogP contribution < -0.4 is 0 Å². The number of rotatable bonds is 7. The van der Waals surface area contributed by atoms with Gasteiger partial charge in [-0.25, -0.2) is 18.4 Å². The molecule has 2 atom stereocenters. The quantitative estimate of drug-likeness (QED) is 0.569. The number of likely N-dealkylation sites (tertiary alicyclic amines) is 2. The van der Waals surface area contributed by atoms with Crippen molar-refractivity contribution in [2.75, 3.05) is 45.8 Å². The van der Waals surface area contributed by atoms with Crippen LogP contribution in [-0.2, 0) is 15.4 Å². The summed E-state index contributed by atoms with van der Waals surface area (Å²) in [5, 5.41) is -0.148. The molecule has 1 amide bonds. The third kappa shape index (κ3) is 4.15. The van der Waals surface area contributed by atoms with Crippen LogP contribution in [0.1, 0.15) is 46.6 Å². The van der Waals surface area contributed by atoms with Gasteiger partial charge in [0.15, 0.2) is 0 Å². The number of hydrogen-bond donors (Lipinski definition) is 0. The zero-order valence-electron chi connectivity index (χ0n) is 21.1. The molecule has 1 saturated carbocycles. The second kappa shape index (κ2) is 8.89. The second-order valence-corrected chi connectivity index (χ2v) is 13.5. The summed E-state index contributed by atoms with van der Waals surface area (Å²) >= 11 is 0. The van der Waals surface area contributed by atoms with Crippen LogP contribution in [0.25, 0.3) is 0 Å². The van der Waals surface area contributed by atoms with Crippen LogP contribution >= 0.6 is 0 Å². The van der Waals surface area contributed by atoms with Gasteiger partial charge in [0.1, 0.15) is 6.33 Å². The van der Waals surface area contributed by atoms with E-state index in [1.807, 2.05) is 24.8 Å². The molecule has 1 aliphatic carbocycles. The van der Waals surface area contributed by atoms with Crippen LogP contribution in [0.4, 0.5) is 0 Å². The Bertz CT molecular complexity index is 1220. The molecule has 4 fully saturated rings. The smallest absolute Gasteiger partial charge is 0.257 e. The van der Waals surface area contributed by atoms with Crippen molar-refractivity contribution in [1.29, 1.82) is 0 Å². The average molecular weight is 510 g/mol. The molecule has 0 bridgehead atoms. The summed E-state index contributed by atoms with van der Waals surface area (Å²) in [4.78, 5) is 26.2. The van der Waals surface area contributed by atoms with Crippen molar-refractivity contribution in [2.45, 2.75) is 43.8 Å². The van der Waals surface area contributed by atoms with Gasteiger partial charge in [-0.3, -0.25) is 4.79 Å². The van der Waals surface area contributed by atoms with Gasteiger partial charge >= 0.3 is 0 Å². The van der Waals surface area contributed by atoms with E-state index in [1.54, 1.807) is 4.31 Å². The number of sulfonamides is 1. The fraction of sp³-hybridized carbons (Fsp3) is 0.593. The molecule has 4 aliphatic rings. The Morgan fingerprint density at radius 3 is 2.17 bits per heavy atom. The Morgan fingerprint density at radius 2 is 1.58 bits per heavy atom. The fourth-order valence-corrected chi connectivity index (χ4v) is 8.54. The molecule has 8 nitrogen and oxygen atoms in total. The molecule has 1 aromatic heterocycles. The lowest BCUT2D eigenvalue weighted by atomic mass is 9.72. The van der Waals surface area contributed by atoms with Gasteiger partial charge in [0.2, 0.25) is 10.0 Å². The van der Waals surface area contributed by atoms with E-state index in [0.29, 0.717) is 30.5 Å². The summed E-state index contributed by atoms with van der Waals surface area (Å²) in [5.74, 6) is 1.03. The third-order valence-corrected chi connectivity index (χ3v) is 11.1. The van der Waals surface area contributed by atoms with Crippen molar-refractivity contribution in [3.63, 3.8) is 0 Å². The molecule has 3 aliphatic heterocycles. The first-order valence-corrected chi connectivity index (χ1v) is 14.6. The van der Waals surface area contributed by atoms with Gasteiger partial charge in [-0.05, 0) is 57.1 Å². The molecule has 9 heteroatoms. The minimum atomic E-state index is -3.13. The van der Waals surface area contributed by atoms with E-state index in [-0.39, 0.29) is 16.6 Å². The van der Waals surface area contributed by atoms with Crippen molar-refractivity contribution in [3.05, 3.63) is 59.2 Å². The predicted molar refractivity (Wildman–Crippen MR) is 137 cm³/mol. The molecule has 4 heterocycles. The summed E-state index contributed by atoms with van der Waals surface area (Å²) in [6, 6.07) is 10.4. The van der Waals surface area contributed by atoms with Crippen LogP contribution in [0, 0.1) is 25.7 Å². The van der Waals surface area contributed by atoms with E-state index in [9.17, 15) is 13.2 Å². The summed E-state index contributed by atoms with van der Waals surface area (Å²) in [7, 11) is -3.13. The molecule has 0 spiro atoms. The minimum absolute atomic E-state index is 0.0565. The zero-order valence-corrected chi connectivity index (χ0v) is 22.0. The predicted octanol–water partition coefficient (Wildman–Crippen LogP) is 2.23. The van der Waals surface area contributed by atoms with E-state index in [4.69, 9.17) is 0 Å². The van der Waals surface area contributed by atoms with Gasteiger partial charge in [-0.1, -0.05) is 30.3 Å². The Balaban J connectivity index is 1.08. The number of carbonyl (C=O) groups excluding carboxylic acids is 1. The Kier molecular flexibility index (Phi) is 5.92. The average Bonchev–Trinajstić information content (AvgIpc) is 3.52. The molecule has 192 valence electrons. The zero-order chi connectivity index (χ0) is 25.1.